The van der Waals surface area contributed by atoms with Crippen LogP contribution in [-0.2, 0) is 0 Å². The van der Waals surface area contributed by atoms with Gasteiger partial charge in [-0.2, -0.15) is 10.2 Å². The van der Waals surface area contributed by atoms with Gasteiger partial charge in [0.15, 0.2) is 11.5 Å². The molecule has 0 bridgehead atoms. The highest BCUT2D eigenvalue weighted by Crippen LogP contribution is 2.42. The summed E-state index contributed by atoms with van der Waals surface area (Å²) in [7, 11) is 6.58. The SMILES string of the molecule is COc1c(C(=O)N(C)c2ccccc2)cc2ccccc2c1N=Nc1ccc(C=Cc2ccccc2C=Cc2ccc(N=Nc3c(OC)c(C(=O)N(C)c4ccccc4)cc4ccccc34)cc2)cc1. The average Bonchev–Trinajstić information content (AvgIpc) is 3.42. The van der Waals surface area contributed by atoms with Gasteiger partial charge in [0.2, 0.25) is 0 Å². The van der Waals surface area contributed by atoms with Gasteiger partial charge in [0.25, 0.3) is 11.8 Å². The first kappa shape index (κ1) is 45.9. The Morgan fingerprint density at radius 2 is 0.771 bits per heavy atom. The molecular formula is C60H48N6O4. The fourth-order valence-corrected chi connectivity index (χ4v) is 8.15. The summed E-state index contributed by atoms with van der Waals surface area (Å²) in [5, 5.41) is 21.9. The molecule has 9 rings (SSSR count). The van der Waals surface area contributed by atoms with E-state index >= 15 is 0 Å². The van der Waals surface area contributed by atoms with Crippen LogP contribution in [0.2, 0.25) is 0 Å². The van der Waals surface area contributed by atoms with Crippen molar-refractivity contribution < 1.29 is 19.1 Å². The molecule has 0 radical (unpaired) electrons. The zero-order valence-electron chi connectivity index (χ0n) is 39.1. The summed E-state index contributed by atoms with van der Waals surface area (Å²) in [4.78, 5) is 30.9. The van der Waals surface area contributed by atoms with Crippen molar-refractivity contribution in [1.82, 2.24) is 0 Å². The van der Waals surface area contributed by atoms with E-state index < -0.39 is 0 Å². The van der Waals surface area contributed by atoms with Gasteiger partial charge >= 0.3 is 0 Å². The van der Waals surface area contributed by atoms with Crippen molar-refractivity contribution >= 4 is 91.8 Å². The van der Waals surface area contributed by atoms with Crippen LogP contribution in [0.25, 0.3) is 45.8 Å². The third kappa shape index (κ3) is 10.0. The lowest BCUT2D eigenvalue weighted by Gasteiger charge is -2.20. The maximum absolute atomic E-state index is 13.8. The van der Waals surface area contributed by atoms with E-state index in [1.807, 2.05) is 182 Å². The Labute approximate surface area is 406 Å². The number of hydrogen-bond acceptors (Lipinski definition) is 8. The van der Waals surface area contributed by atoms with Crippen molar-refractivity contribution in [2.75, 3.05) is 38.1 Å². The largest absolute Gasteiger partial charge is 0.494 e. The van der Waals surface area contributed by atoms with E-state index in [0.717, 1.165) is 55.2 Å². The van der Waals surface area contributed by atoms with Crippen LogP contribution in [-0.4, -0.2) is 40.1 Å². The van der Waals surface area contributed by atoms with Crippen LogP contribution in [0, 0.1) is 0 Å². The fourth-order valence-electron chi connectivity index (χ4n) is 8.15. The van der Waals surface area contributed by atoms with Gasteiger partial charge in [0, 0.05) is 36.2 Å². The van der Waals surface area contributed by atoms with E-state index in [9.17, 15) is 9.59 Å². The number of para-hydroxylation sites is 2. The third-order valence-electron chi connectivity index (χ3n) is 11.9. The number of nitrogens with zero attached hydrogens (tertiary/aromatic N) is 6. The van der Waals surface area contributed by atoms with Crippen LogP contribution in [0.15, 0.2) is 215 Å². The van der Waals surface area contributed by atoms with Gasteiger partial charge < -0.3 is 19.3 Å². The van der Waals surface area contributed by atoms with E-state index in [-0.39, 0.29) is 11.8 Å². The summed E-state index contributed by atoms with van der Waals surface area (Å²) in [6.45, 7) is 0. The van der Waals surface area contributed by atoms with Gasteiger partial charge in [-0.15, -0.1) is 10.2 Å². The van der Waals surface area contributed by atoms with E-state index in [1.165, 1.54) is 0 Å². The zero-order valence-corrected chi connectivity index (χ0v) is 39.1. The van der Waals surface area contributed by atoms with Crippen molar-refractivity contribution in [3.63, 3.8) is 0 Å². The second kappa shape index (κ2) is 21.1. The summed E-state index contributed by atoms with van der Waals surface area (Å²) in [6, 6.07) is 62.0. The highest BCUT2D eigenvalue weighted by molar-refractivity contribution is 6.14. The number of azo groups is 2. The number of carbonyl (C=O) groups excluding carboxylic acids is 2. The number of carbonyl (C=O) groups is 2. The number of hydrogen-bond donors (Lipinski definition) is 0. The van der Waals surface area contributed by atoms with Crippen LogP contribution in [0.1, 0.15) is 43.0 Å². The molecule has 9 aromatic rings. The first-order valence-electron chi connectivity index (χ1n) is 22.6. The summed E-state index contributed by atoms with van der Waals surface area (Å²) >= 11 is 0. The van der Waals surface area contributed by atoms with Gasteiger partial charge in [-0.05, 0) is 93.7 Å². The number of benzene rings is 9. The predicted molar refractivity (Wildman–Crippen MR) is 285 cm³/mol. The molecule has 2 amide bonds. The lowest BCUT2D eigenvalue weighted by Crippen LogP contribution is -2.26. The maximum atomic E-state index is 13.8. The van der Waals surface area contributed by atoms with Crippen LogP contribution < -0.4 is 19.3 Å². The lowest BCUT2D eigenvalue weighted by molar-refractivity contribution is 0.0982. The quantitative estimate of drug-likeness (QED) is 0.0799. The Morgan fingerprint density at radius 1 is 0.414 bits per heavy atom. The number of anilines is 2. The van der Waals surface area contributed by atoms with Crippen molar-refractivity contribution in [3.05, 3.63) is 228 Å². The Morgan fingerprint density at radius 3 is 1.16 bits per heavy atom. The minimum absolute atomic E-state index is 0.217. The first-order chi connectivity index (χ1) is 34.3. The molecule has 0 heterocycles. The van der Waals surface area contributed by atoms with Gasteiger partial charge in [-0.25, -0.2) is 0 Å². The topological polar surface area (TPSA) is 109 Å². The molecule has 10 nitrogen and oxygen atoms in total. The van der Waals surface area contributed by atoms with Crippen LogP contribution >= 0.6 is 0 Å². The highest BCUT2D eigenvalue weighted by atomic mass is 16.5. The minimum atomic E-state index is -0.217. The van der Waals surface area contributed by atoms with E-state index in [0.29, 0.717) is 45.4 Å². The van der Waals surface area contributed by atoms with Crippen LogP contribution in [0.5, 0.6) is 11.5 Å². The second-order valence-corrected chi connectivity index (χ2v) is 16.3. The average molecular weight is 917 g/mol. The number of amides is 2. The number of rotatable bonds is 14. The monoisotopic (exact) mass is 916 g/mol. The number of fused-ring (bicyclic) bond motifs is 2. The van der Waals surface area contributed by atoms with Gasteiger partial charge in [0.1, 0.15) is 11.4 Å². The van der Waals surface area contributed by atoms with Gasteiger partial charge in [-0.1, -0.05) is 158 Å². The predicted octanol–water partition coefficient (Wildman–Crippen LogP) is 15.7. The number of ether oxygens (including phenoxy) is 2. The Bertz CT molecular complexity index is 3230. The Balaban J connectivity index is 0.894. The molecule has 0 saturated carbocycles. The normalized spacial score (nSPS) is 11.6. The molecule has 10 heteroatoms. The third-order valence-corrected chi connectivity index (χ3v) is 11.9. The van der Waals surface area contributed by atoms with Crippen molar-refractivity contribution in [2.24, 2.45) is 20.5 Å². The molecule has 0 unspecified atom stereocenters. The molecule has 70 heavy (non-hydrogen) atoms. The molecule has 9 aromatic carbocycles. The van der Waals surface area contributed by atoms with E-state index in [1.54, 1.807) is 38.1 Å². The standard InChI is InChI=1S/C60H48N6O4/c1-65(49-21-7-5-8-22-49)59(67)53-39-45-19-13-15-25-51(45)55(57(53)69-3)63-61-47-35-29-41(30-36-47)27-33-43-17-11-12-18-44(43)34-28-42-31-37-48(38-32-42)62-64-56-52-26-16-14-20-46(52)40-54(58(56)70-4)60(68)66(2)50-23-9-6-10-24-50/h5-40H,1-4H3. The molecule has 0 fully saturated rings. The first-order valence-corrected chi connectivity index (χ1v) is 22.6. The maximum Gasteiger partial charge on any atom is 0.261 e. The Hall–Kier alpha value is -9.28. The van der Waals surface area contributed by atoms with E-state index in [4.69, 9.17) is 9.47 Å². The van der Waals surface area contributed by atoms with Crippen LogP contribution in [0.4, 0.5) is 34.1 Å². The molecule has 0 spiro atoms. The molecule has 0 aliphatic rings. The van der Waals surface area contributed by atoms with Crippen LogP contribution in [0.3, 0.4) is 0 Å². The molecule has 0 saturated heterocycles. The molecule has 0 aromatic heterocycles. The smallest absolute Gasteiger partial charge is 0.261 e. The van der Waals surface area contributed by atoms with Gasteiger partial charge in [-0.3, -0.25) is 9.59 Å². The molecule has 342 valence electrons. The summed E-state index contributed by atoms with van der Waals surface area (Å²) in [6.07, 6.45) is 8.30. The molecule has 0 aliphatic heterocycles. The second-order valence-electron chi connectivity index (χ2n) is 16.3. The van der Waals surface area contributed by atoms with Crippen molar-refractivity contribution in [1.29, 1.82) is 0 Å². The number of methoxy groups -OCH3 is 2. The molecule has 0 aliphatic carbocycles. The molecular weight excluding hydrogens is 869 g/mol. The molecule has 0 N–H and O–H groups in total. The minimum Gasteiger partial charge on any atom is -0.494 e. The lowest BCUT2D eigenvalue weighted by atomic mass is 10.0. The molecule has 0 atom stereocenters. The zero-order chi connectivity index (χ0) is 48.4. The summed E-state index contributed by atoms with van der Waals surface area (Å²) < 4.78 is 11.7. The van der Waals surface area contributed by atoms with Crippen molar-refractivity contribution in [3.8, 4) is 11.5 Å². The van der Waals surface area contributed by atoms with Crippen molar-refractivity contribution in [2.45, 2.75) is 0 Å². The summed E-state index contributed by atoms with van der Waals surface area (Å²) in [5.41, 5.74) is 8.68. The van der Waals surface area contributed by atoms with E-state index in [2.05, 4.69) is 56.9 Å². The highest BCUT2D eigenvalue weighted by Gasteiger charge is 2.25. The summed E-state index contributed by atoms with van der Waals surface area (Å²) in [5.74, 6) is 0.285. The Kier molecular flexibility index (Phi) is 13.8. The van der Waals surface area contributed by atoms with Gasteiger partial charge in [0.05, 0.1) is 36.7 Å². The fraction of sp³-hybridized carbons (Fsp3) is 0.0667.